The topological polar surface area (TPSA) is 94.1 Å². The molecule has 356 valence electrons. The molecule has 0 bridgehead atoms. The second-order valence-corrected chi connectivity index (χ2v) is 17.8. The number of phosphoric acid groups is 1. The van der Waals surface area contributed by atoms with Gasteiger partial charge in [0, 0.05) is 13.0 Å². The maximum absolute atomic E-state index is 12.7. The van der Waals surface area contributed by atoms with Crippen molar-refractivity contribution in [3.8, 4) is 0 Å². The van der Waals surface area contributed by atoms with E-state index in [4.69, 9.17) is 18.5 Å². The molecule has 0 aliphatic rings. The van der Waals surface area contributed by atoms with E-state index in [1.54, 1.807) is 0 Å². The molecule has 0 aromatic carbocycles. The normalized spacial score (nSPS) is 14.8. The largest absolute Gasteiger partial charge is 0.756 e. The van der Waals surface area contributed by atoms with Crippen LogP contribution in [0.5, 0.6) is 0 Å². The minimum Gasteiger partial charge on any atom is -0.756 e. The number of nitrogens with zero attached hydrogens (tertiary/aromatic N) is 1. The predicted molar refractivity (Wildman–Crippen MR) is 267 cm³/mol. The quantitative estimate of drug-likeness (QED) is 0.0198. The molecule has 0 N–H and O–H groups in total. The molecule has 0 fully saturated rings. The summed E-state index contributed by atoms with van der Waals surface area (Å²) in [4.78, 5) is 25.1. The molecule has 0 saturated carbocycles. The van der Waals surface area contributed by atoms with Crippen molar-refractivity contribution in [2.75, 3.05) is 54.1 Å². The fourth-order valence-electron chi connectivity index (χ4n) is 5.57. The average molecular weight is 894 g/mol. The first-order valence-electron chi connectivity index (χ1n) is 23.9. The molecule has 2 atom stereocenters. The number of ether oxygens (including phenoxy) is 2. The molecule has 0 aromatic rings. The fourth-order valence-corrected chi connectivity index (χ4v) is 6.30. The summed E-state index contributed by atoms with van der Waals surface area (Å²) in [5, 5.41) is 0. The standard InChI is InChI=1S/C54H88NO7P/c1-6-8-10-12-14-16-18-20-22-24-25-26-27-28-29-30-32-34-36-38-40-42-44-46-49-59-51-53(52-61-63(57,58)60-50-48-55(3,4)5)62-54(56)47-45-43-41-39-37-35-33-31-23-21-19-17-15-13-11-9-7-2/h8-11,14-17,20-23,25-26,28-29,32-35,38,40,53H,6-7,12-13,18-19,24,27,30-31,36-37,39,41-52H2,1-5H3/b10-8-,11-9-,16-14-,17-15-,22-20-,23-21-,26-25-,29-28-,34-32-,35-33-,40-38-. The second kappa shape index (κ2) is 45.2. The zero-order valence-electron chi connectivity index (χ0n) is 40.2. The maximum Gasteiger partial charge on any atom is 0.306 e. The number of phosphoric ester groups is 1. The SMILES string of the molecule is CC/C=C\C/C=C\C/C=C\C/C=C\C/C=C\C/C=C\C/C=C\CCCCOCC(COP(=O)([O-])OCC[N+](C)(C)C)OC(=O)CCCCCC/C=C\C/C=C\C/C=C\C/C=C\CC. The zero-order chi connectivity index (χ0) is 46.2. The van der Waals surface area contributed by atoms with Crippen LogP contribution in [0.1, 0.15) is 142 Å². The minimum atomic E-state index is -4.56. The number of esters is 1. The summed E-state index contributed by atoms with van der Waals surface area (Å²) in [6.07, 6.45) is 66.2. The third-order valence-corrected chi connectivity index (χ3v) is 10.2. The van der Waals surface area contributed by atoms with Crippen LogP contribution in [0.25, 0.3) is 0 Å². The highest BCUT2D eigenvalue weighted by Crippen LogP contribution is 2.38. The third kappa shape index (κ3) is 49.5. The van der Waals surface area contributed by atoms with Gasteiger partial charge in [-0.2, -0.15) is 0 Å². The predicted octanol–water partition coefficient (Wildman–Crippen LogP) is 14.1. The van der Waals surface area contributed by atoms with Gasteiger partial charge in [-0.05, 0) is 109 Å². The van der Waals surface area contributed by atoms with Gasteiger partial charge >= 0.3 is 5.97 Å². The van der Waals surface area contributed by atoms with Crippen LogP contribution in [0.15, 0.2) is 134 Å². The molecular weight excluding hydrogens is 806 g/mol. The highest BCUT2D eigenvalue weighted by Gasteiger charge is 2.20. The summed E-state index contributed by atoms with van der Waals surface area (Å²) < 4.78 is 34.6. The molecule has 0 amide bonds. The maximum atomic E-state index is 12.7. The van der Waals surface area contributed by atoms with Crippen molar-refractivity contribution in [2.24, 2.45) is 0 Å². The summed E-state index contributed by atoms with van der Waals surface area (Å²) in [5.41, 5.74) is 0. The van der Waals surface area contributed by atoms with Crippen molar-refractivity contribution >= 4 is 13.8 Å². The lowest BCUT2D eigenvalue weighted by Gasteiger charge is -2.28. The van der Waals surface area contributed by atoms with E-state index in [0.29, 0.717) is 24.1 Å². The monoisotopic (exact) mass is 894 g/mol. The number of quaternary nitrogens is 1. The number of likely N-dealkylation sites (N-methyl/N-ethyl adjacent to an activating group) is 1. The minimum absolute atomic E-state index is 0.00332. The van der Waals surface area contributed by atoms with E-state index >= 15 is 0 Å². The lowest BCUT2D eigenvalue weighted by molar-refractivity contribution is -0.870. The highest BCUT2D eigenvalue weighted by atomic mass is 31.2. The Balaban J connectivity index is 4.36. The van der Waals surface area contributed by atoms with Gasteiger partial charge < -0.3 is 27.9 Å². The number of carbonyl (C=O) groups is 1. The highest BCUT2D eigenvalue weighted by molar-refractivity contribution is 7.45. The third-order valence-electron chi connectivity index (χ3n) is 9.20. The molecule has 0 saturated heterocycles. The van der Waals surface area contributed by atoms with E-state index in [-0.39, 0.29) is 32.2 Å². The van der Waals surface area contributed by atoms with Crippen LogP contribution in [0, 0.1) is 0 Å². The van der Waals surface area contributed by atoms with Gasteiger partial charge in [0.05, 0.1) is 34.4 Å². The number of hydrogen-bond acceptors (Lipinski definition) is 7. The smallest absolute Gasteiger partial charge is 0.306 e. The van der Waals surface area contributed by atoms with E-state index in [9.17, 15) is 14.3 Å². The Morgan fingerprint density at radius 1 is 0.492 bits per heavy atom. The van der Waals surface area contributed by atoms with E-state index in [0.717, 1.165) is 116 Å². The molecule has 63 heavy (non-hydrogen) atoms. The van der Waals surface area contributed by atoms with Gasteiger partial charge in [-0.15, -0.1) is 0 Å². The van der Waals surface area contributed by atoms with Gasteiger partial charge in [0.1, 0.15) is 19.3 Å². The number of hydrogen-bond donors (Lipinski definition) is 0. The number of carbonyl (C=O) groups excluding carboxylic acids is 1. The number of allylic oxidation sites excluding steroid dienone is 22. The van der Waals surface area contributed by atoms with E-state index in [1.165, 1.54) is 0 Å². The van der Waals surface area contributed by atoms with E-state index in [2.05, 4.69) is 148 Å². The van der Waals surface area contributed by atoms with Gasteiger partial charge in [-0.25, -0.2) is 0 Å². The van der Waals surface area contributed by atoms with Gasteiger partial charge in [0.25, 0.3) is 7.82 Å². The first-order valence-corrected chi connectivity index (χ1v) is 25.4. The summed E-state index contributed by atoms with van der Waals surface area (Å²) in [6, 6.07) is 0. The van der Waals surface area contributed by atoms with Crippen molar-refractivity contribution in [1.29, 1.82) is 0 Å². The Hall–Kier alpha value is -3.36. The van der Waals surface area contributed by atoms with Crippen LogP contribution in [0.4, 0.5) is 0 Å². The van der Waals surface area contributed by atoms with Crippen LogP contribution >= 0.6 is 7.82 Å². The van der Waals surface area contributed by atoms with Crippen LogP contribution < -0.4 is 4.89 Å². The second-order valence-electron chi connectivity index (χ2n) is 16.3. The van der Waals surface area contributed by atoms with Crippen LogP contribution in [0.2, 0.25) is 0 Å². The van der Waals surface area contributed by atoms with Crippen molar-refractivity contribution in [2.45, 2.75) is 148 Å². The number of unbranched alkanes of at least 4 members (excludes halogenated alkanes) is 6. The molecule has 8 nitrogen and oxygen atoms in total. The molecule has 2 unspecified atom stereocenters. The summed E-state index contributed by atoms with van der Waals surface area (Å²) >= 11 is 0. The van der Waals surface area contributed by atoms with Crippen molar-refractivity contribution in [1.82, 2.24) is 0 Å². The van der Waals surface area contributed by atoms with Gasteiger partial charge in [-0.1, -0.05) is 160 Å². The van der Waals surface area contributed by atoms with Crippen molar-refractivity contribution in [3.63, 3.8) is 0 Å². The Morgan fingerprint density at radius 2 is 0.873 bits per heavy atom. The molecule has 0 aromatic heterocycles. The molecule has 0 radical (unpaired) electrons. The molecular formula is C54H88NO7P. The van der Waals surface area contributed by atoms with Crippen LogP contribution in [-0.4, -0.2) is 70.7 Å². The zero-order valence-corrected chi connectivity index (χ0v) is 41.1. The fraction of sp³-hybridized carbons (Fsp3) is 0.574. The lowest BCUT2D eigenvalue weighted by Crippen LogP contribution is -2.37. The first kappa shape index (κ1) is 59.6. The molecule has 9 heteroatoms. The van der Waals surface area contributed by atoms with Gasteiger partial charge in [-0.3, -0.25) is 9.36 Å². The van der Waals surface area contributed by atoms with E-state index < -0.39 is 13.9 Å². The average Bonchev–Trinajstić information content (AvgIpc) is 3.24. The molecule has 0 aliphatic heterocycles. The lowest BCUT2D eigenvalue weighted by atomic mass is 10.1. The van der Waals surface area contributed by atoms with Gasteiger partial charge in [0.15, 0.2) is 0 Å². The Bertz CT molecular complexity index is 1460. The summed E-state index contributed by atoms with van der Waals surface area (Å²) in [5.74, 6) is -0.380. The summed E-state index contributed by atoms with van der Waals surface area (Å²) in [7, 11) is 1.28. The van der Waals surface area contributed by atoms with Crippen molar-refractivity contribution < 1.29 is 37.3 Å². The van der Waals surface area contributed by atoms with Crippen molar-refractivity contribution in [3.05, 3.63) is 134 Å². The Morgan fingerprint density at radius 3 is 1.29 bits per heavy atom. The number of rotatable bonds is 42. The summed E-state index contributed by atoms with van der Waals surface area (Å²) in [6.45, 7) is 4.98. The van der Waals surface area contributed by atoms with Crippen LogP contribution in [-0.2, 0) is 27.9 Å². The molecule has 0 heterocycles. The molecule has 0 aliphatic carbocycles. The Labute approximate surface area is 385 Å². The van der Waals surface area contributed by atoms with E-state index in [1.807, 2.05) is 21.1 Å². The van der Waals surface area contributed by atoms with Crippen LogP contribution in [0.3, 0.4) is 0 Å². The first-order chi connectivity index (χ1) is 30.6. The molecule has 0 rings (SSSR count). The van der Waals surface area contributed by atoms with Gasteiger partial charge in [0.2, 0.25) is 0 Å². The molecule has 0 spiro atoms. The Kier molecular flexibility index (Phi) is 42.8.